The van der Waals surface area contributed by atoms with Gasteiger partial charge in [-0.3, -0.25) is 4.57 Å². The molecule has 0 spiro atoms. The Morgan fingerprint density at radius 3 is 2.00 bits per heavy atom. The molecule has 1 unspecified atom stereocenters. The summed E-state index contributed by atoms with van der Waals surface area (Å²) in [7, 11) is 0. The van der Waals surface area contributed by atoms with E-state index in [-0.39, 0.29) is 11.8 Å². The molecule has 1 atom stereocenters. The van der Waals surface area contributed by atoms with Gasteiger partial charge in [0.1, 0.15) is 5.50 Å². The van der Waals surface area contributed by atoms with Gasteiger partial charge in [0.15, 0.2) is 11.8 Å². The lowest BCUT2D eigenvalue weighted by molar-refractivity contribution is 0.369. The van der Waals surface area contributed by atoms with Gasteiger partial charge in [0.05, 0.1) is 0 Å². The molecule has 0 aromatic carbocycles. The van der Waals surface area contributed by atoms with Gasteiger partial charge in [-0.05, 0) is 6.92 Å². The SMILES string of the molecule is CC(Cl)n1c(O)ccc1O. The smallest absolute Gasteiger partial charge is 0.195 e. The Balaban J connectivity index is 3.10. The van der Waals surface area contributed by atoms with Gasteiger partial charge in [-0.25, -0.2) is 0 Å². The second-order valence-electron chi connectivity index (χ2n) is 1.99. The molecule has 0 fully saturated rings. The molecule has 10 heavy (non-hydrogen) atoms. The Hall–Kier alpha value is -0.830. The Morgan fingerprint density at radius 1 is 1.40 bits per heavy atom. The van der Waals surface area contributed by atoms with Crippen LogP contribution in [0, 0.1) is 0 Å². The molecule has 1 rings (SSSR count). The van der Waals surface area contributed by atoms with Crippen LogP contribution in [0.2, 0.25) is 0 Å². The molecule has 0 amide bonds. The fraction of sp³-hybridized carbons (Fsp3) is 0.333. The topological polar surface area (TPSA) is 45.4 Å². The normalized spacial score (nSPS) is 13.4. The number of nitrogens with zero attached hydrogens (tertiary/aromatic N) is 1. The van der Waals surface area contributed by atoms with Crippen molar-refractivity contribution in [3.05, 3.63) is 12.1 Å². The summed E-state index contributed by atoms with van der Waals surface area (Å²) in [6, 6.07) is 2.77. The summed E-state index contributed by atoms with van der Waals surface area (Å²) >= 11 is 5.60. The van der Waals surface area contributed by atoms with Crippen molar-refractivity contribution in [1.29, 1.82) is 0 Å². The van der Waals surface area contributed by atoms with Crippen molar-refractivity contribution in [2.45, 2.75) is 12.4 Å². The molecule has 0 aliphatic rings. The van der Waals surface area contributed by atoms with Gasteiger partial charge in [0, 0.05) is 12.1 Å². The third-order valence-electron chi connectivity index (χ3n) is 1.23. The zero-order chi connectivity index (χ0) is 7.72. The molecule has 4 heteroatoms. The Kier molecular flexibility index (Phi) is 1.76. The lowest BCUT2D eigenvalue weighted by atomic mass is 10.6. The molecule has 0 radical (unpaired) electrons. The Bertz CT molecular complexity index is 212. The lowest BCUT2D eigenvalue weighted by Gasteiger charge is -2.07. The third kappa shape index (κ3) is 1.04. The Morgan fingerprint density at radius 2 is 1.80 bits per heavy atom. The van der Waals surface area contributed by atoms with Gasteiger partial charge in [0.2, 0.25) is 0 Å². The van der Waals surface area contributed by atoms with Crippen molar-refractivity contribution in [2.24, 2.45) is 0 Å². The molecule has 1 heterocycles. The molecule has 0 saturated carbocycles. The van der Waals surface area contributed by atoms with E-state index < -0.39 is 5.50 Å². The first kappa shape index (κ1) is 7.28. The van der Waals surface area contributed by atoms with Crippen molar-refractivity contribution in [1.82, 2.24) is 4.57 Å². The first-order chi connectivity index (χ1) is 4.63. The van der Waals surface area contributed by atoms with Crippen molar-refractivity contribution in [2.75, 3.05) is 0 Å². The van der Waals surface area contributed by atoms with Crippen molar-refractivity contribution < 1.29 is 10.2 Å². The molecule has 3 nitrogen and oxygen atoms in total. The minimum absolute atomic E-state index is 0.0278. The van der Waals surface area contributed by atoms with Crippen LogP contribution in [0.25, 0.3) is 0 Å². The monoisotopic (exact) mass is 161 g/mol. The van der Waals surface area contributed by atoms with E-state index in [2.05, 4.69) is 0 Å². The molecule has 56 valence electrons. The van der Waals surface area contributed by atoms with Gasteiger partial charge in [0.25, 0.3) is 0 Å². The minimum atomic E-state index is -0.435. The molecule has 0 bridgehead atoms. The van der Waals surface area contributed by atoms with Crippen LogP contribution in [0.15, 0.2) is 12.1 Å². The van der Waals surface area contributed by atoms with Crippen LogP contribution in [0.4, 0.5) is 0 Å². The fourth-order valence-electron chi connectivity index (χ4n) is 0.792. The summed E-state index contributed by atoms with van der Waals surface area (Å²) in [4.78, 5) is 0. The average molecular weight is 162 g/mol. The van der Waals surface area contributed by atoms with Crippen LogP contribution >= 0.6 is 11.6 Å². The highest BCUT2D eigenvalue weighted by atomic mass is 35.5. The van der Waals surface area contributed by atoms with E-state index in [1.807, 2.05) is 0 Å². The number of alkyl halides is 1. The number of rotatable bonds is 1. The molecule has 0 aliphatic carbocycles. The maximum absolute atomic E-state index is 9.02. The number of aromatic nitrogens is 1. The molecular weight excluding hydrogens is 154 g/mol. The van der Waals surface area contributed by atoms with Crippen molar-refractivity contribution in [3.8, 4) is 11.8 Å². The number of hydrogen-bond donors (Lipinski definition) is 2. The predicted molar refractivity (Wildman–Crippen MR) is 38.3 cm³/mol. The van der Waals surface area contributed by atoms with E-state index in [0.717, 1.165) is 0 Å². The number of hydrogen-bond acceptors (Lipinski definition) is 2. The second-order valence-corrected chi connectivity index (χ2v) is 2.63. The van der Waals surface area contributed by atoms with Crippen molar-refractivity contribution in [3.63, 3.8) is 0 Å². The van der Waals surface area contributed by atoms with E-state index in [4.69, 9.17) is 21.8 Å². The Labute approximate surface area is 63.5 Å². The average Bonchev–Trinajstić information content (AvgIpc) is 2.11. The van der Waals surface area contributed by atoms with E-state index in [9.17, 15) is 0 Å². The first-order valence-corrected chi connectivity index (χ1v) is 3.30. The molecule has 0 aliphatic heterocycles. The van der Waals surface area contributed by atoms with Gasteiger partial charge >= 0.3 is 0 Å². The highest BCUT2D eigenvalue weighted by Crippen LogP contribution is 2.27. The summed E-state index contributed by atoms with van der Waals surface area (Å²) < 4.78 is 1.21. The largest absolute Gasteiger partial charge is 0.494 e. The van der Waals surface area contributed by atoms with E-state index >= 15 is 0 Å². The zero-order valence-electron chi connectivity index (χ0n) is 5.45. The first-order valence-electron chi connectivity index (χ1n) is 2.86. The standard InChI is InChI=1S/C6H8ClNO2/c1-4(7)8-5(9)2-3-6(8)10/h2-4,9-10H,1H3. The van der Waals surface area contributed by atoms with Gasteiger partial charge in [-0.15, -0.1) is 0 Å². The maximum atomic E-state index is 9.02. The van der Waals surface area contributed by atoms with E-state index in [0.29, 0.717) is 0 Å². The van der Waals surface area contributed by atoms with Crippen LogP contribution in [0.1, 0.15) is 12.4 Å². The fourth-order valence-corrected chi connectivity index (χ4v) is 0.992. The number of halogens is 1. The summed E-state index contributed by atoms with van der Waals surface area (Å²) in [5.41, 5.74) is -0.435. The molecule has 1 aromatic heterocycles. The highest BCUT2D eigenvalue weighted by molar-refractivity contribution is 6.18. The zero-order valence-corrected chi connectivity index (χ0v) is 6.21. The summed E-state index contributed by atoms with van der Waals surface area (Å²) in [6.45, 7) is 1.65. The van der Waals surface area contributed by atoms with Crippen LogP contribution < -0.4 is 0 Å². The van der Waals surface area contributed by atoms with Crippen LogP contribution in [-0.2, 0) is 0 Å². The van der Waals surface area contributed by atoms with Crippen LogP contribution in [-0.4, -0.2) is 14.8 Å². The molecule has 0 saturated heterocycles. The molecule has 1 aromatic rings. The van der Waals surface area contributed by atoms with E-state index in [1.165, 1.54) is 16.7 Å². The highest BCUT2D eigenvalue weighted by Gasteiger charge is 2.08. The van der Waals surface area contributed by atoms with Gasteiger partial charge < -0.3 is 10.2 Å². The molecular formula is C6H8ClNO2. The van der Waals surface area contributed by atoms with Crippen LogP contribution in [0.3, 0.4) is 0 Å². The number of aromatic hydroxyl groups is 2. The van der Waals surface area contributed by atoms with Crippen molar-refractivity contribution >= 4 is 11.6 Å². The molecule has 2 N–H and O–H groups in total. The van der Waals surface area contributed by atoms with Gasteiger partial charge in [-0.2, -0.15) is 0 Å². The summed E-state index contributed by atoms with van der Waals surface area (Å²) in [6.07, 6.45) is 0. The predicted octanol–water partition coefficient (Wildman–Crippen LogP) is 1.66. The third-order valence-corrected chi connectivity index (χ3v) is 1.43. The van der Waals surface area contributed by atoms with Gasteiger partial charge in [-0.1, -0.05) is 11.6 Å². The maximum Gasteiger partial charge on any atom is 0.195 e. The minimum Gasteiger partial charge on any atom is -0.494 e. The summed E-state index contributed by atoms with van der Waals surface area (Å²) in [5.74, 6) is -0.0556. The van der Waals surface area contributed by atoms with Crippen LogP contribution in [0.5, 0.6) is 11.8 Å². The summed E-state index contributed by atoms with van der Waals surface area (Å²) in [5, 5.41) is 18.0. The lowest BCUT2D eigenvalue weighted by Crippen LogP contribution is -1.95. The second kappa shape index (κ2) is 2.42. The quantitative estimate of drug-likeness (QED) is 0.616. The van der Waals surface area contributed by atoms with E-state index in [1.54, 1.807) is 6.92 Å².